The maximum atomic E-state index is 13.5. The van der Waals surface area contributed by atoms with Crippen molar-refractivity contribution < 1.29 is 23.8 Å². The van der Waals surface area contributed by atoms with E-state index < -0.39 is 24.0 Å². The Balaban J connectivity index is 1.40. The first kappa shape index (κ1) is 24.3. The van der Waals surface area contributed by atoms with Gasteiger partial charge in [0.1, 0.15) is 12.5 Å². The number of hydrogen-bond acceptors (Lipinski definition) is 6. The molecule has 0 radical (unpaired) electrons. The van der Waals surface area contributed by atoms with Gasteiger partial charge in [-0.2, -0.15) is 5.26 Å². The quantitative estimate of drug-likeness (QED) is 0.436. The molecule has 2 unspecified atom stereocenters. The number of halogens is 1. The number of benzene rings is 3. The number of carbonyl (C=O) groups is 2. The summed E-state index contributed by atoms with van der Waals surface area (Å²) in [5, 5.41) is 12.4. The van der Waals surface area contributed by atoms with Crippen molar-refractivity contribution in [3.63, 3.8) is 0 Å². The van der Waals surface area contributed by atoms with E-state index >= 15 is 0 Å². The molecule has 186 valence electrons. The van der Waals surface area contributed by atoms with Crippen LogP contribution in [0.5, 0.6) is 11.5 Å². The number of esters is 1. The predicted octanol–water partition coefficient (Wildman–Crippen LogP) is 5.14. The van der Waals surface area contributed by atoms with Crippen molar-refractivity contribution in [2.24, 2.45) is 10.9 Å². The Hall–Kier alpha value is -4.35. The molecule has 2 amide bonds. The molecular weight excluding hydrogens is 494 g/mol. The van der Waals surface area contributed by atoms with Crippen LogP contribution in [0, 0.1) is 17.2 Å². The molecule has 2 aliphatic heterocycles. The van der Waals surface area contributed by atoms with Crippen molar-refractivity contribution >= 4 is 29.3 Å². The third kappa shape index (κ3) is 5.57. The smallest absolute Gasteiger partial charge is 0.341 e. The minimum Gasteiger partial charge on any atom is -0.460 e. The highest BCUT2D eigenvalue weighted by Crippen LogP contribution is 2.34. The Bertz CT molecular complexity index is 1430. The van der Waals surface area contributed by atoms with E-state index in [9.17, 15) is 9.59 Å². The van der Waals surface area contributed by atoms with Crippen LogP contribution >= 0.6 is 11.6 Å². The number of hydrogen-bond donors (Lipinski definition) is 1. The summed E-state index contributed by atoms with van der Waals surface area (Å²) in [5.74, 6) is -0.0460. The number of rotatable bonds is 7. The van der Waals surface area contributed by atoms with E-state index in [1.807, 2.05) is 18.2 Å². The summed E-state index contributed by atoms with van der Waals surface area (Å²) >= 11 is 6.21. The van der Waals surface area contributed by atoms with Gasteiger partial charge in [0.05, 0.1) is 17.7 Å². The average Bonchev–Trinajstić information content (AvgIpc) is 3.38. The maximum Gasteiger partial charge on any atom is 0.341 e. The lowest BCUT2D eigenvalue weighted by atomic mass is 9.85. The summed E-state index contributed by atoms with van der Waals surface area (Å²) in [5.41, 5.74) is 3.20. The lowest BCUT2D eigenvalue weighted by Crippen LogP contribution is -2.45. The van der Waals surface area contributed by atoms with Gasteiger partial charge in [0.2, 0.25) is 6.79 Å². The number of aryl methyl sites for hydroxylation is 1. The summed E-state index contributed by atoms with van der Waals surface area (Å²) in [6.45, 7) is 0.161. The zero-order chi connectivity index (χ0) is 25.8. The number of aliphatic imine (C=N–C) groups is 1. The van der Waals surface area contributed by atoms with Crippen LogP contribution in [0.25, 0.3) is 0 Å². The van der Waals surface area contributed by atoms with Crippen LogP contribution in [-0.2, 0) is 22.6 Å². The summed E-state index contributed by atoms with van der Waals surface area (Å²) < 4.78 is 16.5. The van der Waals surface area contributed by atoms with Crippen molar-refractivity contribution in [3.05, 3.63) is 94.0 Å². The maximum absolute atomic E-state index is 13.5. The Morgan fingerprint density at radius 2 is 1.89 bits per heavy atom. The Kier molecular flexibility index (Phi) is 7.06. The van der Waals surface area contributed by atoms with Crippen LogP contribution in [0.2, 0.25) is 5.02 Å². The van der Waals surface area contributed by atoms with Crippen LogP contribution < -0.4 is 14.8 Å². The number of fused-ring (bicyclic) bond motifs is 1. The molecule has 0 bridgehead atoms. The van der Waals surface area contributed by atoms with Gasteiger partial charge >= 0.3 is 12.0 Å². The Morgan fingerprint density at radius 3 is 2.73 bits per heavy atom. The van der Waals surface area contributed by atoms with Gasteiger partial charge in [0.25, 0.3) is 0 Å². The molecule has 37 heavy (non-hydrogen) atoms. The van der Waals surface area contributed by atoms with Crippen molar-refractivity contribution in [2.75, 3.05) is 6.79 Å². The molecule has 0 spiro atoms. The van der Waals surface area contributed by atoms with Gasteiger partial charge in [0.15, 0.2) is 11.5 Å². The largest absolute Gasteiger partial charge is 0.460 e. The number of nitrogens with zero attached hydrogens (tertiary/aromatic N) is 2. The molecule has 0 fully saturated rings. The molecule has 9 heteroatoms. The molecule has 5 rings (SSSR count). The second-order valence-corrected chi connectivity index (χ2v) is 9.11. The fourth-order valence-corrected chi connectivity index (χ4v) is 4.64. The van der Waals surface area contributed by atoms with Crippen molar-refractivity contribution in [2.45, 2.75) is 25.5 Å². The fourth-order valence-electron chi connectivity index (χ4n) is 4.44. The van der Waals surface area contributed by atoms with Crippen LogP contribution in [0.4, 0.5) is 4.79 Å². The van der Waals surface area contributed by atoms with Gasteiger partial charge in [-0.15, -0.1) is 0 Å². The Morgan fingerprint density at radius 1 is 1.05 bits per heavy atom. The topological polar surface area (TPSA) is 110 Å². The van der Waals surface area contributed by atoms with E-state index in [-0.39, 0.29) is 13.4 Å². The van der Waals surface area contributed by atoms with Crippen LogP contribution in [0.3, 0.4) is 0 Å². The average molecular weight is 516 g/mol. The van der Waals surface area contributed by atoms with Crippen LogP contribution in [-0.4, -0.2) is 24.5 Å². The minimum absolute atomic E-state index is 0.0174. The third-order valence-corrected chi connectivity index (χ3v) is 6.46. The number of ether oxygens (including phenoxy) is 3. The zero-order valence-electron chi connectivity index (χ0n) is 19.6. The third-order valence-electron chi connectivity index (χ3n) is 6.22. The second kappa shape index (κ2) is 10.7. The first-order valence-electron chi connectivity index (χ1n) is 11.7. The summed E-state index contributed by atoms with van der Waals surface area (Å²) in [6.07, 6.45) is 0.882. The molecule has 2 atom stereocenters. The second-order valence-electron chi connectivity index (χ2n) is 8.67. The van der Waals surface area contributed by atoms with Crippen molar-refractivity contribution in [1.82, 2.24) is 5.32 Å². The SMILES string of the molecule is N#Cc1cccc(COC(=O)C2C(CCc3ccc4c(c3)OCO4)=NC(=O)NC2c2cccc(Cl)c2)c1. The van der Waals surface area contributed by atoms with Crippen LogP contribution in [0.15, 0.2) is 71.7 Å². The van der Waals surface area contributed by atoms with Gasteiger partial charge in [-0.25, -0.2) is 9.79 Å². The molecule has 2 aliphatic rings. The van der Waals surface area contributed by atoms with E-state index in [1.165, 1.54) is 0 Å². The standard InChI is InChI=1S/C28H22ClN3O5/c29-21-6-2-5-20(13-21)26-25(27(33)35-15-19-4-1-3-18(11-19)14-30)22(31-28(34)32-26)9-7-17-8-10-23-24(12-17)37-16-36-23/h1-6,8,10-13,25-26H,7,9,15-16H2,(H,32,34). The van der Waals surface area contributed by atoms with Crippen molar-refractivity contribution in [1.29, 1.82) is 5.26 Å². The molecule has 0 saturated carbocycles. The highest BCUT2D eigenvalue weighted by atomic mass is 35.5. The van der Waals surface area contributed by atoms with Crippen LogP contribution in [0.1, 0.15) is 34.7 Å². The number of nitriles is 1. The molecule has 1 N–H and O–H groups in total. The molecule has 8 nitrogen and oxygen atoms in total. The molecule has 3 aromatic rings. The zero-order valence-corrected chi connectivity index (χ0v) is 20.4. The lowest BCUT2D eigenvalue weighted by molar-refractivity contribution is -0.148. The first-order chi connectivity index (χ1) is 18.0. The minimum atomic E-state index is -0.857. The normalized spacial score (nSPS) is 17.9. The lowest BCUT2D eigenvalue weighted by Gasteiger charge is -2.31. The van der Waals surface area contributed by atoms with E-state index in [0.717, 1.165) is 5.56 Å². The van der Waals surface area contributed by atoms with Gasteiger partial charge < -0.3 is 19.5 Å². The summed E-state index contributed by atoms with van der Waals surface area (Å²) in [6, 6.07) is 20.3. The fraction of sp³-hybridized carbons (Fsp3) is 0.214. The number of urea groups is 1. The van der Waals surface area contributed by atoms with E-state index in [2.05, 4.69) is 16.4 Å². The van der Waals surface area contributed by atoms with Gasteiger partial charge in [-0.1, -0.05) is 41.9 Å². The highest BCUT2D eigenvalue weighted by Gasteiger charge is 2.39. The van der Waals surface area contributed by atoms with E-state index in [4.69, 9.17) is 31.1 Å². The molecule has 0 saturated heterocycles. The summed E-state index contributed by atoms with van der Waals surface area (Å²) in [4.78, 5) is 30.2. The van der Waals surface area contributed by atoms with E-state index in [0.29, 0.717) is 51.8 Å². The monoisotopic (exact) mass is 515 g/mol. The summed E-state index contributed by atoms with van der Waals surface area (Å²) in [7, 11) is 0. The highest BCUT2D eigenvalue weighted by molar-refractivity contribution is 6.30. The number of amides is 2. The molecule has 2 heterocycles. The first-order valence-corrected chi connectivity index (χ1v) is 12.1. The molecule has 3 aromatic carbocycles. The van der Waals surface area contributed by atoms with Gasteiger partial charge in [0, 0.05) is 10.7 Å². The molecule has 0 aromatic heterocycles. The Labute approximate surface area is 218 Å². The molecule has 0 aliphatic carbocycles. The van der Waals surface area contributed by atoms with Crippen molar-refractivity contribution in [3.8, 4) is 17.6 Å². The van der Waals surface area contributed by atoms with Gasteiger partial charge in [-0.3, -0.25) is 4.79 Å². The van der Waals surface area contributed by atoms with Gasteiger partial charge in [-0.05, 0) is 65.9 Å². The number of nitrogens with one attached hydrogen (secondary N) is 1. The number of carbonyl (C=O) groups excluding carboxylic acids is 2. The molecular formula is C28H22ClN3O5. The van der Waals surface area contributed by atoms with E-state index in [1.54, 1.807) is 48.5 Å². The predicted molar refractivity (Wildman–Crippen MR) is 135 cm³/mol.